The van der Waals surface area contributed by atoms with E-state index in [1.54, 1.807) is 0 Å². The second-order valence-electron chi connectivity index (χ2n) is 8.45. The summed E-state index contributed by atoms with van der Waals surface area (Å²) in [6.07, 6.45) is 3.01. The number of rotatable bonds is 8. The number of carbonyl (C=O) groups excluding carboxylic acids is 1. The predicted octanol–water partition coefficient (Wildman–Crippen LogP) is 4.50. The lowest BCUT2D eigenvalue weighted by molar-refractivity contribution is -0.126. The Labute approximate surface area is 185 Å². The Bertz CT molecular complexity index is 866. The Morgan fingerprint density at radius 3 is 2.67 bits per heavy atom. The van der Waals surface area contributed by atoms with E-state index in [4.69, 9.17) is 11.6 Å². The first kappa shape index (κ1) is 22.5. The van der Waals surface area contributed by atoms with Crippen LogP contribution >= 0.6 is 11.6 Å². The highest BCUT2D eigenvalue weighted by Gasteiger charge is 2.36. The molecule has 5 heteroatoms. The van der Waals surface area contributed by atoms with Crippen LogP contribution in [0.1, 0.15) is 38.3 Å². The molecule has 1 aliphatic heterocycles. The zero-order chi connectivity index (χ0) is 21.5. The second-order valence-corrected chi connectivity index (χ2v) is 8.89. The fourth-order valence-corrected chi connectivity index (χ4v) is 4.15. The lowest BCUT2D eigenvalue weighted by Gasteiger charge is -2.24. The third kappa shape index (κ3) is 6.69. The normalized spacial score (nSPS) is 20.0. The summed E-state index contributed by atoms with van der Waals surface area (Å²) in [5.41, 5.74) is 3.61. The van der Waals surface area contributed by atoms with Gasteiger partial charge < -0.3 is 10.6 Å². The van der Waals surface area contributed by atoms with Gasteiger partial charge in [-0.1, -0.05) is 65.7 Å². The lowest BCUT2D eigenvalue weighted by Crippen LogP contribution is -2.45. The number of amides is 1. The quantitative estimate of drug-likeness (QED) is 0.654. The minimum Gasteiger partial charge on any atom is -0.353 e. The molecule has 0 unspecified atom stereocenters. The van der Waals surface area contributed by atoms with Crippen LogP contribution in [0.3, 0.4) is 0 Å². The number of hydrogen-bond donors (Lipinski definition) is 2. The molecule has 0 aliphatic carbocycles. The van der Waals surface area contributed by atoms with Gasteiger partial charge in [0, 0.05) is 36.7 Å². The molecule has 160 valence electrons. The summed E-state index contributed by atoms with van der Waals surface area (Å²) < 4.78 is 0. The summed E-state index contributed by atoms with van der Waals surface area (Å²) >= 11 is 6.16. The molecule has 2 N–H and O–H groups in total. The summed E-state index contributed by atoms with van der Waals surface area (Å²) in [5.74, 6) is 0.105. The van der Waals surface area contributed by atoms with E-state index in [2.05, 4.69) is 58.9 Å². The first-order chi connectivity index (χ1) is 14.4. The maximum absolute atomic E-state index is 12.8. The van der Waals surface area contributed by atoms with E-state index in [0.29, 0.717) is 6.54 Å². The molecule has 3 rings (SSSR count). The van der Waals surface area contributed by atoms with Gasteiger partial charge >= 0.3 is 0 Å². The SMILES string of the molecule is CC(=Cc1ccccc1)CN[C@@H]1C[C@@H](C(=O)NC(C)C)N(Cc2cccc(Cl)c2)C1. The summed E-state index contributed by atoms with van der Waals surface area (Å²) in [7, 11) is 0. The van der Waals surface area contributed by atoms with Crippen molar-refractivity contribution >= 4 is 23.6 Å². The van der Waals surface area contributed by atoms with Gasteiger partial charge in [0.2, 0.25) is 5.91 Å². The van der Waals surface area contributed by atoms with E-state index in [9.17, 15) is 4.79 Å². The highest BCUT2D eigenvalue weighted by molar-refractivity contribution is 6.30. The Morgan fingerprint density at radius 1 is 1.20 bits per heavy atom. The molecule has 1 aliphatic rings. The van der Waals surface area contributed by atoms with Crippen molar-refractivity contribution in [3.8, 4) is 0 Å². The van der Waals surface area contributed by atoms with Gasteiger partial charge in [0.1, 0.15) is 0 Å². The Morgan fingerprint density at radius 2 is 1.97 bits per heavy atom. The van der Waals surface area contributed by atoms with Crippen molar-refractivity contribution in [1.29, 1.82) is 0 Å². The van der Waals surface area contributed by atoms with Gasteiger partial charge in [0.25, 0.3) is 0 Å². The molecule has 1 heterocycles. The average molecular weight is 426 g/mol. The summed E-state index contributed by atoms with van der Waals surface area (Å²) in [4.78, 5) is 15.1. The van der Waals surface area contributed by atoms with E-state index in [1.165, 1.54) is 11.1 Å². The summed E-state index contributed by atoms with van der Waals surface area (Å²) in [5, 5.41) is 7.46. The minimum absolute atomic E-state index is 0.105. The van der Waals surface area contributed by atoms with Crippen LogP contribution in [0, 0.1) is 0 Å². The van der Waals surface area contributed by atoms with Crippen LogP contribution in [0.15, 0.2) is 60.2 Å². The number of likely N-dealkylation sites (tertiary alicyclic amines) is 1. The van der Waals surface area contributed by atoms with Gasteiger partial charge in [-0.25, -0.2) is 0 Å². The van der Waals surface area contributed by atoms with Gasteiger partial charge in [-0.15, -0.1) is 0 Å². The number of halogens is 1. The minimum atomic E-state index is -0.137. The molecule has 0 radical (unpaired) electrons. The highest BCUT2D eigenvalue weighted by atomic mass is 35.5. The van der Waals surface area contributed by atoms with Crippen molar-refractivity contribution in [2.75, 3.05) is 13.1 Å². The van der Waals surface area contributed by atoms with Crippen molar-refractivity contribution in [2.24, 2.45) is 0 Å². The molecule has 2 aromatic rings. The predicted molar refractivity (Wildman–Crippen MR) is 125 cm³/mol. The topological polar surface area (TPSA) is 44.4 Å². The monoisotopic (exact) mass is 425 g/mol. The van der Waals surface area contributed by atoms with E-state index < -0.39 is 0 Å². The number of nitrogens with zero attached hydrogens (tertiary/aromatic N) is 1. The molecule has 0 bridgehead atoms. The Hall–Kier alpha value is -2.14. The van der Waals surface area contributed by atoms with Crippen molar-refractivity contribution in [3.63, 3.8) is 0 Å². The van der Waals surface area contributed by atoms with E-state index in [-0.39, 0.29) is 24.0 Å². The first-order valence-corrected chi connectivity index (χ1v) is 11.0. The zero-order valence-corrected chi connectivity index (χ0v) is 18.8. The standard InChI is InChI=1S/C25H32ClN3O/c1-18(2)28-25(30)24-14-23(17-29(24)16-21-10-7-11-22(26)13-21)27-15-19(3)12-20-8-5-4-6-9-20/h4-13,18,23-24,27H,14-17H2,1-3H3,(H,28,30)/t23-,24+/m1/s1. The van der Waals surface area contributed by atoms with Crippen LogP contribution in [0.5, 0.6) is 0 Å². The smallest absolute Gasteiger partial charge is 0.237 e. The number of carbonyl (C=O) groups is 1. The second kappa shape index (κ2) is 10.8. The number of benzene rings is 2. The van der Waals surface area contributed by atoms with Crippen LogP contribution in [0.2, 0.25) is 5.02 Å². The van der Waals surface area contributed by atoms with Gasteiger partial charge in [0.15, 0.2) is 0 Å². The zero-order valence-electron chi connectivity index (χ0n) is 18.1. The van der Waals surface area contributed by atoms with Crippen molar-refractivity contribution < 1.29 is 4.79 Å². The third-order valence-corrected chi connectivity index (χ3v) is 5.53. The molecule has 0 saturated carbocycles. The fourth-order valence-electron chi connectivity index (χ4n) is 3.94. The van der Waals surface area contributed by atoms with E-state index >= 15 is 0 Å². The van der Waals surface area contributed by atoms with E-state index in [1.807, 2.05) is 38.1 Å². The van der Waals surface area contributed by atoms with Crippen LogP contribution in [0.4, 0.5) is 0 Å². The van der Waals surface area contributed by atoms with Crippen LogP contribution in [-0.4, -0.2) is 42.0 Å². The third-order valence-electron chi connectivity index (χ3n) is 5.29. The van der Waals surface area contributed by atoms with Gasteiger partial charge in [-0.05, 0) is 50.5 Å². The molecule has 4 nitrogen and oxygen atoms in total. The fraction of sp³-hybridized carbons (Fsp3) is 0.400. The van der Waals surface area contributed by atoms with Crippen molar-refractivity contribution in [2.45, 2.75) is 51.9 Å². The first-order valence-electron chi connectivity index (χ1n) is 10.6. The molecular weight excluding hydrogens is 394 g/mol. The van der Waals surface area contributed by atoms with Gasteiger partial charge in [-0.3, -0.25) is 9.69 Å². The molecule has 0 spiro atoms. The van der Waals surface area contributed by atoms with Gasteiger partial charge in [0.05, 0.1) is 6.04 Å². The molecule has 1 fully saturated rings. The number of hydrogen-bond acceptors (Lipinski definition) is 3. The maximum Gasteiger partial charge on any atom is 0.237 e. The summed E-state index contributed by atoms with van der Waals surface area (Å²) in [6.45, 7) is 8.50. The maximum atomic E-state index is 12.8. The summed E-state index contributed by atoms with van der Waals surface area (Å²) in [6, 6.07) is 18.5. The Kier molecular flexibility index (Phi) is 8.08. The van der Waals surface area contributed by atoms with E-state index in [0.717, 1.165) is 30.1 Å². The lowest BCUT2D eigenvalue weighted by atomic mass is 10.1. The average Bonchev–Trinajstić information content (AvgIpc) is 3.09. The molecule has 1 saturated heterocycles. The molecule has 0 aromatic heterocycles. The van der Waals surface area contributed by atoms with Gasteiger partial charge in [-0.2, -0.15) is 0 Å². The molecule has 1 amide bonds. The van der Waals surface area contributed by atoms with Crippen LogP contribution in [0.25, 0.3) is 6.08 Å². The Balaban J connectivity index is 1.64. The molecule has 2 aromatic carbocycles. The highest BCUT2D eigenvalue weighted by Crippen LogP contribution is 2.23. The van der Waals surface area contributed by atoms with Crippen molar-refractivity contribution in [1.82, 2.24) is 15.5 Å². The van der Waals surface area contributed by atoms with Crippen LogP contribution in [-0.2, 0) is 11.3 Å². The number of nitrogens with one attached hydrogen (secondary N) is 2. The largest absolute Gasteiger partial charge is 0.353 e. The molecule has 2 atom stereocenters. The molecular formula is C25H32ClN3O. The van der Waals surface area contributed by atoms with Crippen LogP contribution < -0.4 is 10.6 Å². The van der Waals surface area contributed by atoms with Crippen molar-refractivity contribution in [3.05, 3.63) is 76.3 Å². The molecule has 30 heavy (non-hydrogen) atoms.